The summed E-state index contributed by atoms with van der Waals surface area (Å²) in [4.78, 5) is 0.237. The molecule has 0 saturated carbocycles. The maximum atomic E-state index is 13.2. The van der Waals surface area contributed by atoms with Crippen LogP contribution in [0.4, 0.5) is 0 Å². The Balaban J connectivity index is 0.00000267. The molecule has 0 aliphatic carbocycles. The quantitative estimate of drug-likeness (QED) is 0.109. The summed E-state index contributed by atoms with van der Waals surface area (Å²) in [5.41, 5.74) is -1.76. The SMILES string of the molecule is O=S(=O)([O-])c1cc2[nH]c(S(=O)(=O)Oc3ccccc3)nc2c(S(=O)(=O)Oc2ccccc2)c1S(=O)(=O)[O-].[Na+].[Na+]. The third-order valence-corrected chi connectivity index (χ3v) is 8.97. The minimum atomic E-state index is -6.01. The second-order valence-corrected chi connectivity index (χ2v) is 12.7. The molecule has 0 aliphatic heterocycles. The van der Waals surface area contributed by atoms with Gasteiger partial charge in [-0.2, -0.15) is 16.8 Å². The summed E-state index contributed by atoms with van der Waals surface area (Å²) in [6.07, 6.45) is 0. The number of para-hydroxylation sites is 2. The summed E-state index contributed by atoms with van der Waals surface area (Å²) in [6.45, 7) is 0. The number of hydrogen-bond acceptors (Lipinski definition) is 13. The number of imidazole rings is 1. The van der Waals surface area contributed by atoms with Gasteiger partial charge in [0.05, 0.1) is 15.3 Å². The third kappa shape index (κ3) is 7.40. The van der Waals surface area contributed by atoms with Crippen LogP contribution in [0.25, 0.3) is 11.0 Å². The molecule has 1 aromatic heterocycles. The van der Waals surface area contributed by atoms with E-state index in [4.69, 9.17) is 8.37 Å². The predicted octanol–water partition coefficient (Wildman–Crippen LogP) is -5.09. The van der Waals surface area contributed by atoms with Crippen molar-refractivity contribution < 1.29 is 110 Å². The first-order valence-electron chi connectivity index (χ1n) is 9.57. The van der Waals surface area contributed by atoms with Gasteiger partial charge in [0, 0.05) is 0 Å². The van der Waals surface area contributed by atoms with E-state index in [2.05, 4.69) is 9.97 Å². The molecule has 4 aromatic rings. The van der Waals surface area contributed by atoms with E-state index in [-0.39, 0.29) is 70.9 Å². The van der Waals surface area contributed by atoms with Crippen LogP contribution >= 0.6 is 0 Å². The Morgan fingerprint density at radius 2 is 1.10 bits per heavy atom. The molecule has 0 spiro atoms. The smallest absolute Gasteiger partial charge is 0.744 e. The van der Waals surface area contributed by atoms with Crippen molar-refractivity contribution in [2.45, 2.75) is 19.8 Å². The van der Waals surface area contributed by atoms with Crippen LogP contribution < -0.4 is 67.5 Å². The molecule has 0 unspecified atom stereocenters. The average molecular weight is 635 g/mol. The van der Waals surface area contributed by atoms with Crippen LogP contribution in [0.2, 0.25) is 0 Å². The van der Waals surface area contributed by atoms with Crippen LogP contribution in [-0.4, -0.2) is 52.7 Å². The van der Waals surface area contributed by atoms with Gasteiger partial charge in [-0.05, 0) is 30.3 Å². The molecule has 14 nitrogen and oxygen atoms in total. The van der Waals surface area contributed by atoms with Gasteiger partial charge in [-0.1, -0.05) is 36.4 Å². The van der Waals surface area contributed by atoms with Crippen LogP contribution in [0.15, 0.2) is 86.6 Å². The van der Waals surface area contributed by atoms with Crippen molar-refractivity contribution in [2.75, 3.05) is 0 Å². The van der Waals surface area contributed by atoms with E-state index in [1.54, 1.807) is 6.07 Å². The Morgan fingerprint density at radius 3 is 1.54 bits per heavy atom. The van der Waals surface area contributed by atoms with E-state index < -0.39 is 77.1 Å². The number of nitrogens with zero attached hydrogens (tertiary/aromatic N) is 1. The van der Waals surface area contributed by atoms with Crippen LogP contribution in [-0.2, 0) is 40.5 Å². The van der Waals surface area contributed by atoms with Crippen molar-refractivity contribution in [3.8, 4) is 11.5 Å². The predicted molar refractivity (Wildman–Crippen MR) is 121 cm³/mol. The normalized spacial score (nSPS) is 12.3. The average Bonchev–Trinajstić information content (AvgIpc) is 3.22. The first kappa shape index (κ1) is 33.7. The summed E-state index contributed by atoms with van der Waals surface area (Å²) in [7, 11) is -22.1. The van der Waals surface area contributed by atoms with Crippen LogP contribution in [0.5, 0.6) is 11.5 Å². The Labute approximate surface area is 267 Å². The van der Waals surface area contributed by atoms with Crippen molar-refractivity contribution in [1.29, 1.82) is 0 Å². The van der Waals surface area contributed by atoms with Gasteiger partial charge in [-0.15, -0.1) is 0 Å². The van der Waals surface area contributed by atoms with E-state index in [0.29, 0.717) is 0 Å². The largest absolute Gasteiger partial charge is 1.00 e. The molecular weight excluding hydrogens is 622 g/mol. The molecule has 0 atom stereocenters. The number of rotatable bonds is 8. The van der Waals surface area contributed by atoms with Gasteiger partial charge in [-0.3, -0.25) is 0 Å². The minimum absolute atomic E-state index is 0. The first-order chi connectivity index (χ1) is 17.1. The van der Waals surface area contributed by atoms with E-state index >= 15 is 0 Å². The second-order valence-electron chi connectivity index (χ2n) is 7.08. The van der Waals surface area contributed by atoms with Crippen LogP contribution in [0.3, 0.4) is 0 Å². The molecule has 39 heavy (non-hydrogen) atoms. The summed E-state index contributed by atoms with van der Waals surface area (Å²) >= 11 is 0. The zero-order valence-electron chi connectivity index (χ0n) is 19.8. The van der Waals surface area contributed by atoms with Gasteiger partial charge in [0.1, 0.15) is 37.3 Å². The summed E-state index contributed by atoms with van der Waals surface area (Å²) in [5.74, 6) is -0.579. The fraction of sp³-hybridized carbons (Fsp3) is 0. The summed E-state index contributed by atoms with van der Waals surface area (Å²) in [6, 6.07) is 13.6. The summed E-state index contributed by atoms with van der Waals surface area (Å²) < 4.78 is 133. The Morgan fingerprint density at radius 1 is 0.641 bits per heavy atom. The number of H-pyrrole nitrogens is 1. The number of nitrogens with one attached hydrogen (secondary N) is 1. The number of benzene rings is 3. The van der Waals surface area contributed by atoms with Gasteiger partial charge in [0.15, 0.2) is 4.90 Å². The molecule has 4 rings (SSSR count). The van der Waals surface area contributed by atoms with Crippen LogP contribution in [0, 0.1) is 0 Å². The molecule has 0 bridgehead atoms. The van der Waals surface area contributed by atoms with Gasteiger partial charge in [-0.25, -0.2) is 21.8 Å². The number of aromatic amines is 1. The van der Waals surface area contributed by atoms with E-state index in [1.165, 1.54) is 42.5 Å². The Hall–Kier alpha value is -1.55. The zero-order chi connectivity index (χ0) is 27.2. The molecule has 1 N–H and O–H groups in total. The monoisotopic (exact) mass is 634 g/mol. The Bertz CT molecular complexity index is 1950. The molecule has 0 radical (unpaired) electrons. The maximum absolute atomic E-state index is 13.2. The van der Waals surface area contributed by atoms with Crippen molar-refractivity contribution in [3.05, 3.63) is 66.7 Å². The van der Waals surface area contributed by atoms with E-state index in [0.717, 1.165) is 12.1 Å². The van der Waals surface area contributed by atoms with Gasteiger partial charge >= 0.3 is 79.4 Å². The van der Waals surface area contributed by atoms with Gasteiger partial charge in [0.25, 0.3) is 5.16 Å². The number of fused-ring (bicyclic) bond motifs is 1. The van der Waals surface area contributed by atoms with E-state index in [1.807, 2.05) is 0 Å². The van der Waals surface area contributed by atoms with Crippen molar-refractivity contribution >= 4 is 51.5 Å². The molecule has 0 saturated heterocycles. The van der Waals surface area contributed by atoms with Crippen LogP contribution in [0.1, 0.15) is 0 Å². The molecule has 0 amide bonds. The Kier molecular flexibility index (Phi) is 10.5. The minimum Gasteiger partial charge on any atom is -0.744 e. The van der Waals surface area contributed by atoms with E-state index in [9.17, 15) is 42.8 Å². The van der Waals surface area contributed by atoms with Crippen molar-refractivity contribution in [1.82, 2.24) is 9.97 Å². The molecule has 0 aliphatic rings. The van der Waals surface area contributed by atoms with Crippen molar-refractivity contribution in [3.63, 3.8) is 0 Å². The van der Waals surface area contributed by atoms with Gasteiger partial charge < -0.3 is 22.5 Å². The molecule has 196 valence electrons. The first-order valence-corrected chi connectivity index (χ1v) is 15.2. The fourth-order valence-electron chi connectivity index (χ4n) is 3.12. The van der Waals surface area contributed by atoms with Crippen molar-refractivity contribution in [2.24, 2.45) is 0 Å². The molecular formula is C19H12N2Na2O12S4. The third-order valence-electron chi connectivity index (χ3n) is 4.54. The number of hydrogen-bond donors (Lipinski definition) is 1. The molecule has 0 fully saturated rings. The topological polar surface area (TPSA) is 230 Å². The fourth-order valence-corrected chi connectivity index (χ4v) is 7.69. The number of aromatic nitrogens is 2. The maximum Gasteiger partial charge on any atom is 1.00 e. The van der Waals surface area contributed by atoms with Gasteiger partial charge in [0.2, 0.25) is 0 Å². The molecule has 20 heteroatoms. The molecule has 3 aromatic carbocycles. The second kappa shape index (κ2) is 12.1. The summed E-state index contributed by atoms with van der Waals surface area (Å²) in [5, 5.41) is -1.10. The molecule has 1 heterocycles. The zero-order valence-corrected chi connectivity index (χ0v) is 27.1. The standard InChI is InChI=1S/C19H14N2O12S4.2Na/c22-34(23,24)15-11-14-16(21-19(20-14)37(30,31)33-13-9-5-2-6-10-13)18(17(15)35(25,26)27)36(28,29)32-12-7-3-1-4-8-12;;/h1-11H,(H,20,21)(H,22,23,24)(H,25,26,27);;/q;2*+1/p-2.